The van der Waals surface area contributed by atoms with Crippen LogP contribution in [0.15, 0.2) is 11.6 Å². The number of rotatable bonds is 1. The van der Waals surface area contributed by atoms with Crippen LogP contribution < -0.4 is 0 Å². The second-order valence-corrected chi connectivity index (χ2v) is 8.80. The van der Waals surface area contributed by atoms with Gasteiger partial charge in [-0.1, -0.05) is 31.9 Å². The molecule has 0 radical (unpaired) electrons. The molecule has 0 aromatic rings. The summed E-state index contributed by atoms with van der Waals surface area (Å²) >= 11 is 0. The topological polar surface area (TPSA) is 34.1 Å². The van der Waals surface area contributed by atoms with Crippen molar-refractivity contribution in [1.82, 2.24) is 0 Å². The summed E-state index contributed by atoms with van der Waals surface area (Å²) in [6.45, 7) is 4.83. The predicted molar refractivity (Wildman–Crippen MR) is 86.3 cm³/mol. The molecular weight excluding hydrogens is 272 g/mol. The van der Waals surface area contributed by atoms with Gasteiger partial charge in [0.25, 0.3) is 0 Å². The molecule has 3 fully saturated rings. The Balaban J connectivity index is 1.79. The predicted octanol–water partition coefficient (Wildman–Crippen LogP) is 4.33. The Morgan fingerprint density at radius 2 is 2.00 bits per heavy atom. The third kappa shape index (κ3) is 1.79. The highest BCUT2D eigenvalue weighted by Gasteiger charge is 2.59. The van der Waals surface area contributed by atoms with Gasteiger partial charge in [0, 0.05) is 12.8 Å². The van der Waals surface area contributed by atoms with Gasteiger partial charge >= 0.3 is 0 Å². The first-order valence-corrected chi connectivity index (χ1v) is 9.19. The van der Waals surface area contributed by atoms with Crippen LogP contribution in [0, 0.1) is 34.5 Å². The molecular formula is C20H28O2. The van der Waals surface area contributed by atoms with Crippen LogP contribution in [0.2, 0.25) is 0 Å². The van der Waals surface area contributed by atoms with Crippen LogP contribution in [0.1, 0.15) is 65.2 Å². The molecule has 0 aliphatic heterocycles. The number of carbonyl (C=O) groups is 2. The molecule has 0 N–H and O–H groups in total. The van der Waals surface area contributed by atoms with Gasteiger partial charge in [0.2, 0.25) is 0 Å². The normalized spacial score (nSPS) is 50.6. The highest BCUT2D eigenvalue weighted by Crippen LogP contribution is 2.65. The fourth-order valence-electron chi connectivity index (χ4n) is 6.78. The van der Waals surface area contributed by atoms with Crippen molar-refractivity contribution in [2.75, 3.05) is 0 Å². The van der Waals surface area contributed by atoms with E-state index in [1.54, 1.807) is 0 Å². The number of ketones is 1. The zero-order valence-electron chi connectivity index (χ0n) is 13.9. The number of aldehydes is 1. The van der Waals surface area contributed by atoms with E-state index in [1.165, 1.54) is 44.0 Å². The molecule has 6 atom stereocenters. The maximum absolute atomic E-state index is 12.2. The number of allylic oxidation sites excluding steroid dienone is 2. The molecule has 0 unspecified atom stereocenters. The lowest BCUT2D eigenvalue weighted by molar-refractivity contribution is -0.131. The molecule has 0 heterocycles. The SMILES string of the molecule is C[C@@H]1C=C2CC(=O)CC[C@]2(C=O)[C@H]2CC[C@]3(C)CCC[C@H]3[C@H]12. The lowest BCUT2D eigenvalue weighted by atomic mass is 9.46. The highest BCUT2D eigenvalue weighted by molar-refractivity contribution is 5.86. The first kappa shape index (κ1) is 14.7. The second-order valence-electron chi connectivity index (χ2n) is 8.80. The summed E-state index contributed by atoms with van der Waals surface area (Å²) in [6, 6.07) is 0. The molecule has 4 aliphatic carbocycles. The van der Waals surface area contributed by atoms with Gasteiger partial charge in [0.1, 0.15) is 12.1 Å². The van der Waals surface area contributed by atoms with E-state index in [4.69, 9.17) is 0 Å². The van der Waals surface area contributed by atoms with Gasteiger partial charge in [-0.25, -0.2) is 0 Å². The van der Waals surface area contributed by atoms with Gasteiger partial charge in [0.05, 0.1) is 5.41 Å². The Bertz CT molecular complexity index is 548. The van der Waals surface area contributed by atoms with Crippen LogP contribution in [-0.2, 0) is 9.59 Å². The van der Waals surface area contributed by atoms with Crippen molar-refractivity contribution in [3.8, 4) is 0 Å². The fourth-order valence-corrected chi connectivity index (χ4v) is 6.78. The van der Waals surface area contributed by atoms with Crippen molar-refractivity contribution >= 4 is 12.1 Å². The third-order valence-corrected chi connectivity index (χ3v) is 7.86. The summed E-state index contributed by atoms with van der Waals surface area (Å²) < 4.78 is 0. The molecule has 0 bridgehead atoms. The standard InChI is InChI=1S/C20H28O2/c1-13-10-14-11-15(22)5-9-20(14,12-21)17-6-8-19(2)7-3-4-16(19)18(13)17/h10,12-13,16-18H,3-9,11H2,1-2H3/t13-,16+,17+,18+,19+,20-/m1/s1. The quantitative estimate of drug-likeness (QED) is 0.533. The van der Waals surface area contributed by atoms with Gasteiger partial charge in [0.15, 0.2) is 0 Å². The summed E-state index contributed by atoms with van der Waals surface area (Å²) in [7, 11) is 0. The van der Waals surface area contributed by atoms with Crippen LogP contribution in [0.3, 0.4) is 0 Å². The van der Waals surface area contributed by atoms with Crippen molar-refractivity contribution in [2.24, 2.45) is 34.5 Å². The first-order chi connectivity index (χ1) is 10.5. The van der Waals surface area contributed by atoms with E-state index in [0.29, 0.717) is 41.8 Å². The molecule has 4 rings (SSSR count). The van der Waals surface area contributed by atoms with Gasteiger partial charge in [-0.3, -0.25) is 4.79 Å². The maximum atomic E-state index is 12.2. The van der Waals surface area contributed by atoms with Gasteiger partial charge in [-0.2, -0.15) is 0 Å². The minimum atomic E-state index is -0.297. The van der Waals surface area contributed by atoms with E-state index in [-0.39, 0.29) is 5.41 Å². The average molecular weight is 300 g/mol. The van der Waals surface area contributed by atoms with Crippen molar-refractivity contribution in [3.05, 3.63) is 11.6 Å². The molecule has 0 saturated heterocycles. The van der Waals surface area contributed by atoms with E-state index in [9.17, 15) is 9.59 Å². The minimum absolute atomic E-state index is 0.297. The van der Waals surface area contributed by atoms with Crippen LogP contribution in [-0.4, -0.2) is 12.1 Å². The van der Waals surface area contributed by atoms with Crippen LogP contribution in [0.5, 0.6) is 0 Å². The molecule has 0 aromatic carbocycles. The molecule has 2 heteroatoms. The number of carbonyl (C=O) groups excluding carboxylic acids is 2. The Labute approximate surface area is 133 Å². The molecule has 0 amide bonds. The zero-order chi connectivity index (χ0) is 15.5. The molecule has 3 saturated carbocycles. The average Bonchev–Trinajstić information content (AvgIpc) is 2.88. The summed E-state index contributed by atoms with van der Waals surface area (Å²) in [4.78, 5) is 24.1. The monoisotopic (exact) mass is 300 g/mol. The van der Waals surface area contributed by atoms with E-state index in [2.05, 4.69) is 19.9 Å². The van der Waals surface area contributed by atoms with Crippen LogP contribution >= 0.6 is 0 Å². The van der Waals surface area contributed by atoms with Gasteiger partial charge in [-0.05, 0) is 61.2 Å². The Hall–Kier alpha value is -0.920. The van der Waals surface area contributed by atoms with E-state index in [1.807, 2.05) is 0 Å². The largest absolute Gasteiger partial charge is 0.302 e. The summed E-state index contributed by atoms with van der Waals surface area (Å²) in [5.74, 6) is 2.79. The van der Waals surface area contributed by atoms with Gasteiger partial charge < -0.3 is 4.79 Å². The molecule has 120 valence electrons. The van der Waals surface area contributed by atoms with Crippen molar-refractivity contribution in [3.63, 3.8) is 0 Å². The minimum Gasteiger partial charge on any atom is -0.302 e. The number of fused-ring (bicyclic) bond motifs is 5. The Morgan fingerprint density at radius 1 is 1.18 bits per heavy atom. The molecule has 2 nitrogen and oxygen atoms in total. The van der Waals surface area contributed by atoms with Crippen molar-refractivity contribution in [1.29, 1.82) is 0 Å². The number of hydrogen-bond acceptors (Lipinski definition) is 2. The van der Waals surface area contributed by atoms with E-state index in [0.717, 1.165) is 12.3 Å². The number of hydrogen-bond donors (Lipinski definition) is 0. The first-order valence-electron chi connectivity index (χ1n) is 9.19. The fraction of sp³-hybridized carbons (Fsp3) is 0.800. The summed E-state index contributed by atoms with van der Waals surface area (Å²) in [6.07, 6.45) is 12.0. The Morgan fingerprint density at radius 3 is 2.77 bits per heavy atom. The lowest BCUT2D eigenvalue weighted by Gasteiger charge is -2.57. The van der Waals surface area contributed by atoms with Gasteiger partial charge in [-0.15, -0.1) is 0 Å². The highest BCUT2D eigenvalue weighted by atomic mass is 16.1. The summed E-state index contributed by atoms with van der Waals surface area (Å²) in [5, 5.41) is 0. The molecule has 0 aromatic heterocycles. The molecule has 22 heavy (non-hydrogen) atoms. The Kier molecular flexibility index (Phi) is 3.19. The number of Topliss-reactive ketones (excluding diaryl/α,β-unsaturated/α-hetero) is 1. The summed E-state index contributed by atoms with van der Waals surface area (Å²) in [5.41, 5.74) is 1.39. The third-order valence-electron chi connectivity index (χ3n) is 7.86. The zero-order valence-corrected chi connectivity index (χ0v) is 13.9. The second kappa shape index (κ2) is 4.79. The van der Waals surface area contributed by atoms with E-state index >= 15 is 0 Å². The maximum Gasteiger partial charge on any atom is 0.137 e. The van der Waals surface area contributed by atoms with Crippen molar-refractivity contribution < 1.29 is 9.59 Å². The van der Waals surface area contributed by atoms with E-state index < -0.39 is 0 Å². The van der Waals surface area contributed by atoms with Crippen LogP contribution in [0.25, 0.3) is 0 Å². The smallest absolute Gasteiger partial charge is 0.137 e. The molecule has 0 spiro atoms. The lowest BCUT2D eigenvalue weighted by Crippen LogP contribution is -2.53. The van der Waals surface area contributed by atoms with Crippen LogP contribution in [0.4, 0.5) is 0 Å². The van der Waals surface area contributed by atoms with Crippen molar-refractivity contribution in [2.45, 2.75) is 65.2 Å². The molecule has 4 aliphatic rings.